The minimum Gasteiger partial charge on any atom is -0.378 e. The molecule has 0 N–H and O–H groups in total. The maximum atomic E-state index is 12.8. The Morgan fingerprint density at radius 1 is 0.889 bits per heavy atom. The first kappa shape index (κ1) is 19.6. The highest BCUT2D eigenvalue weighted by Crippen LogP contribution is 2.23. The average Bonchev–Trinajstić information content (AvgIpc) is 2.97. The Hall–Kier alpha value is -2.18. The monoisotopic (exact) mass is 385 g/mol. The topological polar surface area (TPSA) is 53.0 Å². The van der Waals surface area contributed by atoms with E-state index in [0.29, 0.717) is 18.0 Å². The molecule has 1 aliphatic heterocycles. The van der Waals surface area contributed by atoms with Crippen molar-refractivity contribution >= 4 is 27.6 Å². The zero-order valence-corrected chi connectivity index (χ0v) is 16.8. The first-order chi connectivity index (χ1) is 13.0. The van der Waals surface area contributed by atoms with Gasteiger partial charge < -0.3 is 4.90 Å². The Kier molecular flexibility index (Phi) is 6.29. The fraction of sp³-hybridized carbons (Fsp3) is 0.381. The summed E-state index contributed by atoms with van der Waals surface area (Å²) in [6.07, 6.45) is 5.88. The van der Waals surface area contributed by atoms with E-state index < -0.39 is 10.0 Å². The summed E-state index contributed by atoms with van der Waals surface area (Å²) >= 11 is 0. The summed E-state index contributed by atoms with van der Waals surface area (Å²) in [5.41, 5.74) is 2.87. The quantitative estimate of drug-likeness (QED) is 0.729. The molecule has 1 aliphatic rings. The van der Waals surface area contributed by atoms with Crippen LogP contribution < -0.4 is 4.90 Å². The van der Waals surface area contributed by atoms with Gasteiger partial charge in [-0.1, -0.05) is 25.0 Å². The van der Waals surface area contributed by atoms with E-state index >= 15 is 0 Å². The molecule has 27 heavy (non-hydrogen) atoms. The van der Waals surface area contributed by atoms with Crippen molar-refractivity contribution in [1.82, 2.24) is 4.31 Å². The van der Waals surface area contributed by atoms with Crippen LogP contribution in [0, 0.1) is 0 Å². The predicted octanol–water partition coefficient (Wildman–Crippen LogP) is 4.07. The Balaban J connectivity index is 1.71. The largest absolute Gasteiger partial charge is 0.378 e. The maximum Gasteiger partial charge on any atom is 0.243 e. The van der Waals surface area contributed by atoms with Crippen molar-refractivity contribution in [3.05, 3.63) is 54.1 Å². The van der Waals surface area contributed by atoms with E-state index in [-0.39, 0.29) is 0 Å². The van der Waals surface area contributed by atoms with Crippen molar-refractivity contribution < 1.29 is 8.42 Å². The molecule has 0 spiro atoms. The van der Waals surface area contributed by atoms with Gasteiger partial charge in [-0.25, -0.2) is 8.42 Å². The second-order valence-corrected chi connectivity index (χ2v) is 8.99. The summed E-state index contributed by atoms with van der Waals surface area (Å²) in [5, 5.41) is 0. The highest BCUT2D eigenvalue weighted by molar-refractivity contribution is 7.89. The van der Waals surface area contributed by atoms with Crippen molar-refractivity contribution in [2.24, 2.45) is 4.99 Å². The summed E-state index contributed by atoms with van der Waals surface area (Å²) < 4.78 is 27.2. The van der Waals surface area contributed by atoms with Gasteiger partial charge >= 0.3 is 0 Å². The van der Waals surface area contributed by atoms with E-state index in [1.807, 2.05) is 43.3 Å². The molecule has 6 heteroatoms. The third kappa shape index (κ3) is 4.96. The van der Waals surface area contributed by atoms with Gasteiger partial charge in [0.1, 0.15) is 0 Å². The van der Waals surface area contributed by atoms with Gasteiger partial charge in [0.05, 0.1) is 10.6 Å². The molecule has 0 radical (unpaired) electrons. The van der Waals surface area contributed by atoms with Crippen molar-refractivity contribution in [3.63, 3.8) is 0 Å². The van der Waals surface area contributed by atoms with E-state index in [1.165, 1.54) is 0 Å². The van der Waals surface area contributed by atoms with Gasteiger partial charge in [0.2, 0.25) is 10.0 Å². The number of nitrogens with zero attached hydrogens (tertiary/aromatic N) is 3. The number of anilines is 1. The summed E-state index contributed by atoms with van der Waals surface area (Å²) in [4.78, 5) is 6.85. The van der Waals surface area contributed by atoms with Crippen LogP contribution in [0.1, 0.15) is 31.2 Å². The molecule has 3 rings (SSSR count). The maximum absolute atomic E-state index is 12.8. The van der Waals surface area contributed by atoms with Crippen LogP contribution in [0.25, 0.3) is 0 Å². The molecule has 1 heterocycles. The lowest BCUT2D eigenvalue weighted by Crippen LogP contribution is -2.31. The number of benzene rings is 2. The van der Waals surface area contributed by atoms with Gasteiger partial charge in [-0.15, -0.1) is 0 Å². The lowest BCUT2D eigenvalue weighted by Gasteiger charge is -2.19. The SMILES string of the molecule is CN(C)c1ccc(C=Nc2ccc(S(=O)(=O)N3CCCCCC3)cc2)cc1. The van der Waals surface area contributed by atoms with E-state index in [0.717, 1.165) is 42.6 Å². The first-order valence-corrected chi connectivity index (χ1v) is 10.8. The first-order valence-electron chi connectivity index (χ1n) is 9.38. The Morgan fingerprint density at radius 3 is 2.04 bits per heavy atom. The Morgan fingerprint density at radius 2 is 1.48 bits per heavy atom. The molecule has 0 saturated carbocycles. The van der Waals surface area contributed by atoms with Crippen molar-refractivity contribution in [3.8, 4) is 0 Å². The molecule has 0 aliphatic carbocycles. The zero-order chi connectivity index (χ0) is 19.3. The zero-order valence-electron chi connectivity index (χ0n) is 16.0. The molecular weight excluding hydrogens is 358 g/mol. The smallest absolute Gasteiger partial charge is 0.243 e. The van der Waals surface area contributed by atoms with E-state index in [1.54, 1.807) is 34.8 Å². The van der Waals surface area contributed by atoms with Gasteiger partial charge in [0, 0.05) is 39.1 Å². The molecule has 1 saturated heterocycles. The fourth-order valence-corrected chi connectivity index (χ4v) is 4.66. The van der Waals surface area contributed by atoms with Crippen LogP contribution in [0.5, 0.6) is 0 Å². The average molecular weight is 386 g/mol. The highest BCUT2D eigenvalue weighted by Gasteiger charge is 2.24. The summed E-state index contributed by atoms with van der Waals surface area (Å²) in [7, 11) is 0.603. The molecule has 0 bridgehead atoms. The van der Waals surface area contributed by atoms with Gasteiger partial charge in [-0.2, -0.15) is 4.31 Å². The summed E-state index contributed by atoms with van der Waals surface area (Å²) in [6, 6.07) is 14.9. The minimum atomic E-state index is -3.41. The number of sulfonamides is 1. The molecule has 2 aromatic carbocycles. The molecule has 144 valence electrons. The predicted molar refractivity (Wildman–Crippen MR) is 112 cm³/mol. The van der Waals surface area contributed by atoms with Gasteiger partial charge in [0.15, 0.2) is 0 Å². The van der Waals surface area contributed by atoms with E-state index in [2.05, 4.69) is 4.99 Å². The molecular formula is C21H27N3O2S. The van der Waals surface area contributed by atoms with Crippen LogP contribution >= 0.6 is 0 Å². The lowest BCUT2D eigenvalue weighted by atomic mass is 10.2. The van der Waals surface area contributed by atoms with Crippen LogP contribution in [0.4, 0.5) is 11.4 Å². The summed E-state index contributed by atoms with van der Waals surface area (Å²) in [6.45, 7) is 1.23. The van der Waals surface area contributed by atoms with Gasteiger partial charge in [-0.05, 0) is 54.8 Å². The van der Waals surface area contributed by atoms with Crippen molar-refractivity contribution in [2.75, 3.05) is 32.1 Å². The molecule has 0 atom stereocenters. The number of hydrogen-bond donors (Lipinski definition) is 0. The molecule has 5 nitrogen and oxygen atoms in total. The minimum absolute atomic E-state index is 0.346. The molecule has 0 amide bonds. The lowest BCUT2D eigenvalue weighted by molar-refractivity contribution is 0.424. The molecule has 0 unspecified atom stereocenters. The van der Waals surface area contributed by atoms with Gasteiger partial charge in [-0.3, -0.25) is 4.99 Å². The van der Waals surface area contributed by atoms with Crippen LogP contribution in [0.3, 0.4) is 0 Å². The molecule has 1 fully saturated rings. The van der Waals surface area contributed by atoms with E-state index in [9.17, 15) is 8.42 Å². The fourth-order valence-electron chi connectivity index (χ4n) is 3.14. The second kappa shape index (κ2) is 8.67. The standard InChI is InChI=1S/C21H27N3O2S/c1-23(2)20-11-7-18(8-12-20)17-22-19-9-13-21(14-10-19)27(25,26)24-15-5-3-4-6-16-24/h7-14,17H,3-6,15-16H2,1-2H3. The second-order valence-electron chi connectivity index (χ2n) is 7.06. The number of aliphatic imine (C=N–C) groups is 1. The number of hydrogen-bond acceptors (Lipinski definition) is 4. The highest BCUT2D eigenvalue weighted by atomic mass is 32.2. The van der Waals surface area contributed by atoms with Gasteiger partial charge in [0.25, 0.3) is 0 Å². The Labute approximate surface area is 162 Å². The van der Waals surface area contributed by atoms with Crippen molar-refractivity contribution in [2.45, 2.75) is 30.6 Å². The molecule has 2 aromatic rings. The van der Waals surface area contributed by atoms with Crippen LogP contribution in [0.2, 0.25) is 0 Å². The number of rotatable bonds is 5. The molecule has 0 aromatic heterocycles. The van der Waals surface area contributed by atoms with E-state index in [4.69, 9.17) is 0 Å². The Bertz CT molecular complexity index is 865. The summed E-state index contributed by atoms with van der Waals surface area (Å²) in [5.74, 6) is 0. The van der Waals surface area contributed by atoms with Crippen molar-refractivity contribution in [1.29, 1.82) is 0 Å². The van der Waals surface area contributed by atoms with Crippen LogP contribution in [0.15, 0.2) is 58.4 Å². The normalized spacial score (nSPS) is 16.4. The third-order valence-electron chi connectivity index (χ3n) is 4.81. The van der Waals surface area contributed by atoms with Crippen LogP contribution in [-0.2, 0) is 10.0 Å². The van der Waals surface area contributed by atoms with Crippen LogP contribution in [-0.4, -0.2) is 46.1 Å². The third-order valence-corrected chi connectivity index (χ3v) is 6.72.